The van der Waals surface area contributed by atoms with Gasteiger partial charge in [0.25, 0.3) is 5.78 Å². The Bertz CT molecular complexity index is 1300. The minimum absolute atomic E-state index is 0.0870. The van der Waals surface area contributed by atoms with Crippen LogP contribution in [0.1, 0.15) is 24.1 Å². The molecule has 11 heteroatoms. The lowest BCUT2D eigenvalue weighted by Gasteiger charge is -2.35. The van der Waals surface area contributed by atoms with Gasteiger partial charge in [0.15, 0.2) is 0 Å². The Hall–Kier alpha value is -3.05. The standard InChI is InChI=1S/C21H25N7O3S/c1-15-12-17(27-7-3-4-20(27)29)5-6-18(15)32(30,31)26-10-8-25(9-11-26)19-13-16(2)24-21-22-14-23-28(19)21/h5-6,12-14H,3-4,7-11H2,1-2H3. The number of rotatable bonds is 4. The van der Waals surface area contributed by atoms with Gasteiger partial charge in [0.2, 0.25) is 15.9 Å². The fourth-order valence-electron chi connectivity index (χ4n) is 4.45. The highest BCUT2D eigenvalue weighted by Crippen LogP contribution is 2.28. The monoisotopic (exact) mass is 455 g/mol. The number of carbonyl (C=O) groups excluding carboxylic acids is 1. The topological polar surface area (TPSA) is 104 Å². The van der Waals surface area contributed by atoms with Gasteiger partial charge in [0, 0.05) is 56.6 Å². The van der Waals surface area contributed by atoms with Crippen LogP contribution in [0.15, 0.2) is 35.5 Å². The summed E-state index contributed by atoms with van der Waals surface area (Å²) in [6, 6.07) is 7.10. The number of aryl methyl sites for hydroxylation is 2. The van der Waals surface area contributed by atoms with E-state index in [1.54, 1.807) is 34.5 Å². The van der Waals surface area contributed by atoms with Gasteiger partial charge in [-0.15, -0.1) is 0 Å². The first-order valence-electron chi connectivity index (χ1n) is 10.7. The van der Waals surface area contributed by atoms with Crippen molar-refractivity contribution in [1.82, 2.24) is 23.9 Å². The molecular weight excluding hydrogens is 430 g/mol. The molecule has 2 aliphatic heterocycles. The first-order valence-corrected chi connectivity index (χ1v) is 12.1. The Labute approximate surface area is 186 Å². The molecule has 0 saturated carbocycles. The number of benzene rings is 1. The molecule has 32 heavy (non-hydrogen) atoms. The van der Waals surface area contributed by atoms with Gasteiger partial charge in [-0.05, 0) is 44.0 Å². The van der Waals surface area contributed by atoms with E-state index < -0.39 is 10.0 Å². The highest BCUT2D eigenvalue weighted by atomic mass is 32.2. The van der Waals surface area contributed by atoms with E-state index in [2.05, 4.69) is 20.0 Å². The van der Waals surface area contributed by atoms with Crippen molar-refractivity contribution >= 4 is 33.2 Å². The molecule has 1 amide bonds. The van der Waals surface area contributed by atoms with E-state index in [9.17, 15) is 13.2 Å². The molecule has 1 aromatic carbocycles. The Morgan fingerprint density at radius 3 is 2.47 bits per heavy atom. The second-order valence-electron chi connectivity index (χ2n) is 8.22. The molecule has 0 unspecified atom stereocenters. The van der Waals surface area contributed by atoms with Crippen LogP contribution < -0.4 is 9.80 Å². The van der Waals surface area contributed by atoms with Gasteiger partial charge >= 0.3 is 0 Å². The SMILES string of the molecule is Cc1cc(N2CCN(S(=O)(=O)c3ccc(N4CCCC4=O)cc3C)CC2)n2ncnc2n1. The highest BCUT2D eigenvalue weighted by Gasteiger charge is 2.31. The second-order valence-corrected chi connectivity index (χ2v) is 10.1. The lowest BCUT2D eigenvalue weighted by atomic mass is 10.2. The second kappa shape index (κ2) is 7.82. The largest absolute Gasteiger partial charge is 0.354 e. The normalized spacial score (nSPS) is 18.1. The molecule has 0 spiro atoms. The fraction of sp³-hybridized carbons (Fsp3) is 0.429. The van der Waals surface area contributed by atoms with Gasteiger partial charge in [0.1, 0.15) is 12.1 Å². The van der Waals surface area contributed by atoms with Crippen molar-refractivity contribution in [3.63, 3.8) is 0 Å². The molecule has 2 saturated heterocycles. The Morgan fingerprint density at radius 1 is 1.00 bits per heavy atom. The lowest BCUT2D eigenvalue weighted by molar-refractivity contribution is -0.117. The number of nitrogens with zero attached hydrogens (tertiary/aromatic N) is 7. The van der Waals surface area contributed by atoms with Crippen molar-refractivity contribution in [2.24, 2.45) is 0 Å². The van der Waals surface area contributed by atoms with Crippen molar-refractivity contribution < 1.29 is 13.2 Å². The number of anilines is 2. The minimum Gasteiger partial charge on any atom is -0.354 e. The van der Waals surface area contributed by atoms with Gasteiger partial charge in [-0.25, -0.2) is 13.4 Å². The Morgan fingerprint density at radius 2 is 1.78 bits per heavy atom. The summed E-state index contributed by atoms with van der Waals surface area (Å²) in [6.07, 6.45) is 2.84. The molecule has 3 aromatic rings. The number of sulfonamides is 1. The van der Waals surface area contributed by atoms with Crippen molar-refractivity contribution in [1.29, 1.82) is 0 Å². The van der Waals surface area contributed by atoms with E-state index in [0.717, 1.165) is 23.6 Å². The van der Waals surface area contributed by atoms with Crippen LogP contribution in [0.5, 0.6) is 0 Å². The van der Waals surface area contributed by atoms with E-state index in [1.165, 1.54) is 10.6 Å². The summed E-state index contributed by atoms with van der Waals surface area (Å²) in [5, 5.41) is 4.25. The van der Waals surface area contributed by atoms with E-state index in [0.29, 0.717) is 55.4 Å². The maximum Gasteiger partial charge on any atom is 0.254 e. The number of piperazine rings is 1. The number of carbonyl (C=O) groups is 1. The highest BCUT2D eigenvalue weighted by molar-refractivity contribution is 7.89. The maximum atomic E-state index is 13.4. The molecule has 0 radical (unpaired) electrons. The van der Waals surface area contributed by atoms with Crippen LogP contribution in [-0.2, 0) is 14.8 Å². The molecular formula is C21H25N7O3S. The van der Waals surface area contributed by atoms with Crippen LogP contribution in [0.3, 0.4) is 0 Å². The van der Waals surface area contributed by atoms with Gasteiger partial charge in [-0.3, -0.25) is 4.79 Å². The zero-order chi connectivity index (χ0) is 22.5. The van der Waals surface area contributed by atoms with E-state index in [4.69, 9.17) is 0 Å². The summed E-state index contributed by atoms with van der Waals surface area (Å²) in [4.78, 5) is 24.7. The molecule has 4 heterocycles. The van der Waals surface area contributed by atoms with Gasteiger partial charge in [-0.2, -0.15) is 18.9 Å². The zero-order valence-electron chi connectivity index (χ0n) is 18.1. The molecule has 2 aromatic heterocycles. The predicted molar refractivity (Wildman–Crippen MR) is 119 cm³/mol. The number of amides is 1. The van der Waals surface area contributed by atoms with Crippen molar-refractivity contribution in [3.8, 4) is 0 Å². The molecule has 0 bridgehead atoms. The molecule has 2 fully saturated rings. The summed E-state index contributed by atoms with van der Waals surface area (Å²) >= 11 is 0. The first-order chi connectivity index (χ1) is 15.3. The Balaban J connectivity index is 1.35. The Kier molecular flexibility index (Phi) is 5.09. The summed E-state index contributed by atoms with van der Waals surface area (Å²) in [7, 11) is -3.64. The van der Waals surface area contributed by atoms with Crippen LogP contribution in [-0.4, -0.2) is 70.9 Å². The third-order valence-electron chi connectivity index (χ3n) is 6.09. The first kappa shape index (κ1) is 20.8. The summed E-state index contributed by atoms with van der Waals surface area (Å²) < 4.78 is 29.9. The molecule has 168 valence electrons. The van der Waals surface area contributed by atoms with Crippen molar-refractivity contribution in [3.05, 3.63) is 41.9 Å². The molecule has 10 nitrogen and oxygen atoms in total. The maximum absolute atomic E-state index is 13.4. The van der Waals surface area contributed by atoms with Gasteiger partial charge < -0.3 is 9.80 Å². The third-order valence-corrected chi connectivity index (χ3v) is 8.14. The average molecular weight is 456 g/mol. The van der Waals surface area contributed by atoms with Crippen molar-refractivity contribution in [2.45, 2.75) is 31.6 Å². The molecule has 0 atom stereocenters. The lowest BCUT2D eigenvalue weighted by Crippen LogP contribution is -2.49. The number of aromatic nitrogens is 4. The molecule has 5 rings (SSSR count). The number of hydrogen-bond donors (Lipinski definition) is 0. The smallest absolute Gasteiger partial charge is 0.254 e. The molecule has 2 aliphatic rings. The van der Waals surface area contributed by atoms with Crippen molar-refractivity contribution in [2.75, 3.05) is 42.5 Å². The minimum atomic E-state index is -3.64. The van der Waals surface area contributed by atoms with Gasteiger partial charge in [0.05, 0.1) is 4.90 Å². The van der Waals surface area contributed by atoms with Crippen LogP contribution in [0, 0.1) is 13.8 Å². The van der Waals surface area contributed by atoms with Crippen LogP contribution in [0.4, 0.5) is 11.5 Å². The van der Waals surface area contributed by atoms with Gasteiger partial charge in [-0.1, -0.05) is 0 Å². The molecule has 0 aliphatic carbocycles. The predicted octanol–water partition coefficient (Wildman–Crippen LogP) is 1.38. The van der Waals surface area contributed by atoms with Crippen LogP contribution >= 0.6 is 0 Å². The molecule has 0 N–H and O–H groups in total. The quantitative estimate of drug-likeness (QED) is 0.585. The fourth-order valence-corrected chi connectivity index (χ4v) is 6.07. The number of fused-ring (bicyclic) bond motifs is 1. The third kappa shape index (κ3) is 3.51. The summed E-state index contributed by atoms with van der Waals surface area (Å²) in [5.41, 5.74) is 2.25. The van der Waals surface area contributed by atoms with Crippen LogP contribution in [0.25, 0.3) is 5.78 Å². The van der Waals surface area contributed by atoms with Crippen LogP contribution in [0.2, 0.25) is 0 Å². The van der Waals surface area contributed by atoms with E-state index in [1.807, 2.05) is 13.0 Å². The number of hydrogen-bond acceptors (Lipinski definition) is 7. The van der Waals surface area contributed by atoms with E-state index >= 15 is 0 Å². The summed E-state index contributed by atoms with van der Waals surface area (Å²) in [5.74, 6) is 1.48. The van der Waals surface area contributed by atoms with E-state index in [-0.39, 0.29) is 5.91 Å². The summed E-state index contributed by atoms with van der Waals surface area (Å²) in [6.45, 7) is 6.18. The average Bonchev–Trinajstić information content (AvgIpc) is 3.41. The zero-order valence-corrected chi connectivity index (χ0v) is 18.9.